The number of carbonyl (C=O) groups excluding carboxylic acids is 1. The van der Waals surface area contributed by atoms with E-state index in [1.54, 1.807) is 11.3 Å². The van der Waals surface area contributed by atoms with E-state index in [0.717, 1.165) is 47.8 Å². The van der Waals surface area contributed by atoms with Crippen molar-refractivity contribution in [1.29, 1.82) is 0 Å². The smallest absolute Gasteiger partial charge is 0.227 e. The Bertz CT molecular complexity index is 615. The second-order valence-electron chi connectivity index (χ2n) is 5.34. The lowest BCUT2D eigenvalue weighted by Gasteiger charge is -2.21. The van der Waals surface area contributed by atoms with Crippen LogP contribution in [-0.4, -0.2) is 42.0 Å². The molecular weight excluding hydrogens is 362 g/mol. The van der Waals surface area contributed by atoms with E-state index < -0.39 is 0 Å². The SMILES string of the molecule is O=C(Cc1ccc(Br)cc1)N1CCCN(c2nccs2)CC1. The van der Waals surface area contributed by atoms with Gasteiger partial charge in [-0.3, -0.25) is 4.79 Å². The van der Waals surface area contributed by atoms with E-state index in [4.69, 9.17) is 0 Å². The molecule has 0 spiro atoms. The Kier molecular flexibility index (Phi) is 5.10. The van der Waals surface area contributed by atoms with Gasteiger partial charge in [0.2, 0.25) is 5.91 Å². The van der Waals surface area contributed by atoms with Crippen molar-refractivity contribution in [2.24, 2.45) is 0 Å². The number of aromatic nitrogens is 1. The summed E-state index contributed by atoms with van der Waals surface area (Å²) in [6, 6.07) is 7.97. The summed E-state index contributed by atoms with van der Waals surface area (Å²) in [5.41, 5.74) is 1.06. The standard InChI is InChI=1S/C16H18BrN3OS/c17-14-4-2-13(3-5-14)12-15(21)19-7-1-8-20(10-9-19)16-18-6-11-22-16/h2-6,11H,1,7-10,12H2. The van der Waals surface area contributed by atoms with E-state index in [0.29, 0.717) is 6.42 Å². The van der Waals surface area contributed by atoms with Crippen molar-refractivity contribution in [2.75, 3.05) is 31.1 Å². The zero-order valence-electron chi connectivity index (χ0n) is 12.2. The summed E-state index contributed by atoms with van der Waals surface area (Å²) in [7, 11) is 0. The van der Waals surface area contributed by atoms with Crippen molar-refractivity contribution < 1.29 is 4.79 Å². The van der Waals surface area contributed by atoms with E-state index in [1.165, 1.54) is 0 Å². The van der Waals surface area contributed by atoms with Gasteiger partial charge in [-0.15, -0.1) is 11.3 Å². The van der Waals surface area contributed by atoms with Crippen LogP contribution in [0.1, 0.15) is 12.0 Å². The van der Waals surface area contributed by atoms with Gasteiger partial charge in [0.05, 0.1) is 6.42 Å². The molecule has 2 aromatic rings. The summed E-state index contributed by atoms with van der Waals surface area (Å²) in [4.78, 5) is 21.1. The number of thiazole rings is 1. The molecule has 1 fully saturated rings. The summed E-state index contributed by atoms with van der Waals surface area (Å²) in [6.07, 6.45) is 3.30. The predicted molar refractivity (Wildman–Crippen MR) is 93.4 cm³/mol. The Morgan fingerprint density at radius 1 is 1.18 bits per heavy atom. The second kappa shape index (κ2) is 7.24. The molecule has 0 unspecified atom stereocenters. The maximum absolute atomic E-state index is 12.5. The minimum Gasteiger partial charge on any atom is -0.346 e. The van der Waals surface area contributed by atoms with Crippen molar-refractivity contribution in [3.8, 4) is 0 Å². The van der Waals surface area contributed by atoms with Crippen LogP contribution in [0.3, 0.4) is 0 Å². The number of nitrogens with zero attached hydrogens (tertiary/aromatic N) is 3. The highest BCUT2D eigenvalue weighted by atomic mass is 79.9. The number of amides is 1. The van der Waals surface area contributed by atoms with Crippen LogP contribution in [0.15, 0.2) is 40.3 Å². The van der Waals surface area contributed by atoms with E-state index >= 15 is 0 Å². The highest BCUT2D eigenvalue weighted by Gasteiger charge is 2.20. The number of rotatable bonds is 3. The van der Waals surface area contributed by atoms with Crippen LogP contribution in [0.25, 0.3) is 0 Å². The van der Waals surface area contributed by atoms with Gasteiger partial charge in [0.1, 0.15) is 0 Å². The average Bonchev–Trinajstić information content (AvgIpc) is 2.94. The van der Waals surface area contributed by atoms with E-state index in [2.05, 4.69) is 25.8 Å². The highest BCUT2D eigenvalue weighted by Crippen LogP contribution is 2.19. The topological polar surface area (TPSA) is 36.4 Å². The monoisotopic (exact) mass is 379 g/mol. The average molecular weight is 380 g/mol. The molecule has 1 aromatic carbocycles. The van der Waals surface area contributed by atoms with Crippen molar-refractivity contribution in [1.82, 2.24) is 9.88 Å². The number of hydrogen-bond donors (Lipinski definition) is 0. The molecule has 22 heavy (non-hydrogen) atoms. The van der Waals surface area contributed by atoms with Gasteiger partial charge in [-0.25, -0.2) is 4.98 Å². The Morgan fingerprint density at radius 3 is 2.73 bits per heavy atom. The van der Waals surface area contributed by atoms with Crippen LogP contribution in [0.2, 0.25) is 0 Å². The summed E-state index contributed by atoms with van der Waals surface area (Å²) < 4.78 is 1.04. The molecule has 0 saturated carbocycles. The minimum absolute atomic E-state index is 0.211. The third-order valence-electron chi connectivity index (χ3n) is 3.81. The third kappa shape index (κ3) is 3.87. The van der Waals surface area contributed by atoms with Crippen LogP contribution >= 0.6 is 27.3 Å². The lowest BCUT2D eigenvalue weighted by molar-refractivity contribution is -0.130. The zero-order chi connectivity index (χ0) is 15.4. The number of carbonyl (C=O) groups is 1. The first-order chi connectivity index (χ1) is 10.7. The van der Waals surface area contributed by atoms with Gasteiger partial charge < -0.3 is 9.80 Å². The molecule has 2 heterocycles. The van der Waals surface area contributed by atoms with E-state index in [-0.39, 0.29) is 5.91 Å². The normalized spacial score (nSPS) is 15.7. The summed E-state index contributed by atoms with van der Waals surface area (Å²) in [5.74, 6) is 0.211. The molecule has 116 valence electrons. The fraction of sp³-hybridized carbons (Fsp3) is 0.375. The fourth-order valence-electron chi connectivity index (χ4n) is 2.62. The first-order valence-electron chi connectivity index (χ1n) is 7.39. The largest absolute Gasteiger partial charge is 0.346 e. The minimum atomic E-state index is 0.211. The molecule has 1 saturated heterocycles. The Hall–Kier alpha value is -1.40. The van der Waals surface area contributed by atoms with E-state index in [1.807, 2.05) is 40.7 Å². The number of benzene rings is 1. The van der Waals surface area contributed by atoms with Gasteiger partial charge in [-0.05, 0) is 24.1 Å². The molecule has 0 radical (unpaired) electrons. The first-order valence-corrected chi connectivity index (χ1v) is 9.06. The van der Waals surface area contributed by atoms with Crippen LogP contribution in [0, 0.1) is 0 Å². The highest BCUT2D eigenvalue weighted by molar-refractivity contribution is 9.10. The number of anilines is 1. The van der Waals surface area contributed by atoms with Gasteiger partial charge in [0.15, 0.2) is 5.13 Å². The quantitative estimate of drug-likeness (QED) is 0.821. The van der Waals surface area contributed by atoms with Crippen molar-refractivity contribution >= 4 is 38.3 Å². The summed E-state index contributed by atoms with van der Waals surface area (Å²) >= 11 is 5.08. The molecular formula is C16H18BrN3OS. The van der Waals surface area contributed by atoms with Gasteiger partial charge in [0, 0.05) is 42.2 Å². The van der Waals surface area contributed by atoms with E-state index in [9.17, 15) is 4.79 Å². The Labute approximate surface area is 142 Å². The van der Waals surface area contributed by atoms with Gasteiger partial charge in [-0.1, -0.05) is 28.1 Å². The first kappa shape index (κ1) is 15.5. The fourth-order valence-corrected chi connectivity index (χ4v) is 3.58. The van der Waals surface area contributed by atoms with Gasteiger partial charge >= 0.3 is 0 Å². The maximum Gasteiger partial charge on any atom is 0.227 e. The lowest BCUT2D eigenvalue weighted by Crippen LogP contribution is -2.36. The van der Waals surface area contributed by atoms with Crippen LogP contribution < -0.4 is 4.90 Å². The molecule has 3 rings (SSSR count). The molecule has 0 aliphatic carbocycles. The molecule has 6 heteroatoms. The molecule has 0 atom stereocenters. The van der Waals surface area contributed by atoms with Crippen molar-refractivity contribution in [3.05, 3.63) is 45.9 Å². The molecule has 0 bridgehead atoms. The third-order valence-corrected chi connectivity index (χ3v) is 5.17. The van der Waals surface area contributed by atoms with Crippen molar-refractivity contribution in [3.63, 3.8) is 0 Å². The number of halogens is 1. The molecule has 1 aliphatic heterocycles. The van der Waals surface area contributed by atoms with Crippen LogP contribution in [-0.2, 0) is 11.2 Å². The molecule has 1 aromatic heterocycles. The Morgan fingerprint density at radius 2 is 2.00 bits per heavy atom. The molecule has 4 nitrogen and oxygen atoms in total. The van der Waals surface area contributed by atoms with Crippen LogP contribution in [0.4, 0.5) is 5.13 Å². The zero-order valence-corrected chi connectivity index (χ0v) is 14.6. The summed E-state index contributed by atoms with van der Waals surface area (Å²) in [6.45, 7) is 3.43. The van der Waals surface area contributed by atoms with Gasteiger partial charge in [-0.2, -0.15) is 0 Å². The van der Waals surface area contributed by atoms with Crippen molar-refractivity contribution in [2.45, 2.75) is 12.8 Å². The molecule has 1 aliphatic rings. The lowest BCUT2D eigenvalue weighted by atomic mass is 10.1. The predicted octanol–water partition coefficient (Wildman–Crippen LogP) is 3.19. The second-order valence-corrected chi connectivity index (χ2v) is 7.13. The number of hydrogen-bond acceptors (Lipinski definition) is 4. The van der Waals surface area contributed by atoms with Crippen LogP contribution in [0.5, 0.6) is 0 Å². The molecule has 1 amide bonds. The molecule has 0 N–H and O–H groups in total. The van der Waals surface area contributed by atoms with Gasteiger partial charge in [0.25, 0.3) is 0 Å². The summed E-state index contributed by atoms with van der Waals surface area (Å²) in [5, 5.41) is 3.05. The maximum atomic E-state index is 12.5. The Balaban J connectivity index is 1.58.